The van der Waals surface area contributed by atoms with Crippen LogP contribution in [0.3, 0.4) is 0 Å². The summed E-state index contributed by atoms with van der Waals surface area (Å²) in [5.74, 6) is 0.611. The van der Waals surface area contributed by atoms with E-state index in [0.717, 1.165) is 26.1 Å². The second kappa shape index (κ2) is 7.87. The van der Waals surface area contributed by atoms with E-state index in [2.05, 4.69) is 12.2 Å². The van der Waals surface area contributed by atoms with Gasteiger partial charge < -0.3 is 15.8 Å². The standard InChI is InChI=1S/C11H22N2O2.ClH/c1-8(12)7-11(14)13-9(2)10-3-5-15-6-4-10;/h8-10H,3-7,12H2,1-2H3,(H,13,14);1H. The van der Waals surface area contributed by atoms with Crippen molar-refractivity contribution >= 4 is 18.3 Å². The summed E-state index contributed by atoms with van der Waals surface area (Å²) in [6, 6.07) is 0.173. The van der Waals surface area contributed by atoms with Crippen LogP contribution in [0.2, 0.25) is 0 Å². The van der Waals surface area contributed by atoms with E-state index < -0.39 is 0 Å². The fourth-order valence-electron chi connectivity index (χ4n) is 1.94. The highest BCUT2D eigenvalue weighted by atomic mass is 35.5. The van der Waals surface area contributed by atoms with Gasteiger partial charge in [-0.15, -0.1) is 12.4 Å². The minimum absolute atomic E-state index is 0. The number of carbonyl (C=O) groups is 1. The first kappa shape index (κ1) is 15.7. The van der Waals surface area contributed by atoms with Gasteiger partial charge in [-0.1, -0.05) is 0 Å². The normalized spacial score (nSPS) is 20.7. The van der Waals surface area contributed by atoms with Crippen LogP contribution in [0.4, 0.5) is 0 Å². The average molecular weight is 251 g/mol. The van der Waals surface area contributed by atoms with E-state index in [1.165, 1.54) is 0 Å². The van der Waals surface area contributed by atoms with E-state index in [-0.39, 0.29) is 30.4 Å². The number of amides is 1. The Bertz CT molecular complexity index is 206. The third-order valence-corrected chi connectivity index (χ3v) is 2.87. The molecule has 4 nitrogen and oxygen atoms in total. The van der Waals surface area contributed by atoms with Gasteiger partial charge in [0, 0.05) is 31.7 Å². The van der Waals surface area contributed by atoms with Crippen LogP contribution in [0.15, 0.2) is 0 Å². The van der Waals surface area contributed by atoms with Gasteiger partial charge in [-0.05, 0) is 32.6 Å². The van der Waals surface area contributed by atoms with Crippen molar-refractivity contribution in [2.75, 3.05) is 13.2 Å². The van der Waals surface area contributed by atoms with E-state index in [9.17, 15) is 4.79 Å². The Morgan fingerprint density at radius 1 is 1.44 bits per heavy atom. The predicted molar refractivity (Wildman–Crippen MR) is 66.7 cm³/mol. The first-order valence-corrected chi connectivity index (χ1v) is 5.72. The van der Waals surface area contributed by atoms with Crippen LogP contribution in [0.1, 0.15) is 33.1 Å². The summed E-state index contributed by atoms with van der Waals surface area (Å²) in [7, 11) is 0. The van der Waals surface area contributed by atoms with Gasteiger partial charge in [0.25, 0.3) is 0 Å². The fourth-order valence-corrected chi connectivity index (χ4v) is 1.94. The number of rotatable bonds is 4. The molecule has 1 aliphatic rings. The molecule has 0 radical (unpaired) electrons. The molecule has 1 rings (SSSR count). The zero-order chi connectivity index (χ0) is 11.3. The average Bonchev–Trinajstić information content (AvgIpc) is 2.17. The number of hydrogen-bond acceptors (Lipinski definition) is 3. The number of carbonyl (C=O) groups excluding carboxylic acids is 1. The molecule has 3 N–H and O–H groups in total. The summed E-state index contributed by atoms with van der Waals surface area (Å²) in [5, 5.41) is 3.01. The largest absolute Gasteiger partial charge is 0.381 e. The molecule has 96 valence electrons. The Morgan fingerprint density at radius 3 is 2.50 bits per heavy atom. The lowest BCUT2D eigenvalue weighted by Crippen LogP contribution is -2.41. The van der Waals surface area contributed by atoms with Crippen molar-refractivity contribution in [3.8, 4) is 0 Å². The number of nitrogens with one attached hydrogen (secondary N) is 1. The van der Waals surface area contributed by atoms with Crippen molar-refractivity contribution in [2.24, 2.45) is 11.7 Å². The van der Waals surface area contributed by atoms with Crippen molar-refractivity contribution in [2.45, 2.75) is 45.2 Å². The molecule has 0 bridgehead atoms. The maximum absolute atomic E-state index is 11.5. The third-order valence-electron chi connectivity index (χ3n) is 2.87. The van der Waals surface area contributed by atoms with E-state index >= 15 is 0 Å². The molecule has 1 aliphatic heterocycles. The summed E-state index contributed by atoms with van der Waals surface area (Å²) in [6.45, 7) is 5.55. The molecule has 0 aliphatic carbocycles. The molecule has 0 aromatic carbocycles. The van der Waals surface area contributed by atoms with Gasteiger partial charge in [0.05, 0.1) is 0 Å². The SMILES string of the molecule is CC(N)CC(=O)NC(C)C1CCOCC1.Cl. The van der Waals surface area contributed by atoms with E-state index in [1.807, 2.05) is 6.92 Å². The smallest absolute Gasteiger partial charge is 0.221 e. The molecule has 1 amide bonds. The molecule has 16 heavy (non-hydrogen) atoms. The van der Waals surface area contributed by atoms with Crippen LogP contribution >= 0.6 is 12.4 Å². The van der Waals surface area contributed by atoms with Crippen molar-refractivity contribution in [3.63, 3.8) is 0 Å². The van der Waals surface area contributed by atoms with Crippen molar-refractivity contribution < 1.29 is 9.53 Å². The zero-order valence-corrected chi connectivity index (χ0v) is 10.9. The Morgan fingerprint density at radius 2 is 2.00 bits per heavy atom. The molecule has 2 unspecified atom stereocenters. The first-order chi connectivity index (χ1) is 7.09. The van der Waals surface area contributed by atoms with Gasteiger partial charge in [-0.2, -0.15) is 0 Å². The van der Waals surface area contributed by atoms with Gasteiger partial charge >= 0.3 is 0 Å². The van der Waals surface area contributed by atoms with Crippen LogP contribution in [0.5, 0.6) is 0 Å². The van der Waals surface area contributed by atoms with E-state index in [0.29, 0.717) is 12.3 Å². The van der Waals surface area contributed by atoms with Crippen LogP contribution in [-0.2, 0) is 9.53 Å². The Labute approximate surface area is 104 Å². The summed E-state index contributed by atoms with van der Waals surface area (Å²) >= 11 is 0. The number of hydrogen-bond donors (Lipinski definition) is 2. The van der Waals surface area contributed by atoms with Gasteiger partial charge in [-0.25, -0.2) is 0 Å². The van der Waals surface area contributed by atoms with Crippen LogP contribution in [-0.4, -0.2) is 31.2 Å². The molecule has 1 heterocycles. The molecular weight excluding hydrogens is 228 g/mol. The first-order valence-electron chi connectivity index (χ1n) is 5.72. The minimum Gasteiger partial charge on any atom is -0.381 e. The molecule has 2 atom stereocenters. The summed E-state index contributed by atoms with van der Waals surface area (Å²) < 4.78 is 5.29. The second-order valence-electron chi connectivity index (χ2n) is 4.49. The molecule has 0 saturated carbocycles. The molecular formula is C11H23ClN2O2. The maximum atomic E-state index is 11.5. The minimum atomic E-state index is -0.0631. The highest BCUT2D eigenvalue weighted by Crippen LogP contribution is 2.18. The van der Waals surface area contributed by atoms with Crippen molar-refractivity contribution in [3.05, 3.63) is 0 Å². The molecule has 1 fully saturated rings. The summed E-state index contributed by atoms with van der Waals surface area (Å²) in [5.41, 5.74) is 5.57. The lowest BCUT2D eigenvalue weighted by molar-refractivity contribution is -0.122. The Balaban J connectivity index is 0.00000225. The molecule has 0 aromatic heterocycles. The Kier molecular flexibility index (Phi) is 7.72. The van der Waals surface area contributed by atoms with Crippen LogP contribution in [0, 0.1) is 5.92 Å². The molecule has 5 heteroatoms. The Hall–Kier alpha value is -0.320. The monoisotopic (exact) mass is 250 g/mol. The van der Waals surface area contributed by atoms with Crippen LogP contribution < -0.4 is 11.1 Å². The highest BCUT2D eigenvalue weighted by molar-refractivity contribution is 5.85. The van der Waals surface area contributed by atoms with Gasteiger partial charge in [0.15, 0.2) is 0 Å². The van der Waals surface area contributed by atoms with Gasteiger partial charge in [0.2, 0.25) is 5.91 Å². The molecule has 1 saturated heterocycles. The maximum Gasteiger partial charge on any atom is 0.221 e. The van der Waals surface area contributed by atoms with Crippen molar-refractivity contribution in [1.29, 1.82) is 0 Å². The topological polar surface area (TPSA) is 64.4 Å². The van der Waals surface area contributed by atoms with Gasteiger partial charge in [0.1, 0.15) is 0 Å². The second-order valence-corrected chi connectivity index (χ2v) is 4.49. The zero-order valence-electron chi connectivity index (χ0n) is 10.1. The van der Waals surface area contributed by atoms with E-state index in [1.54, 1.807) is 0 Å². The number of ether oxygens (including phenoxy) is 1. The molecule has 0 spiro atoms. The lowest BCUT2D eigenvalue weighted by Gasteiger charge is -2.28. The van der Waals surface area contributed by atoms with Gasteiger partial charge in [-0.3, -0.25) is 4.79 Å². The number of nitrogens with two attached hydrogens (primary N) is 1. The summed E-state index contributed by atoms with van der Waals surface area (Å²) in [4.78, 5) is 11.5. The van der Waals surface area contributed by atoms with Crippen molar-refractivity contribution in [1.82, 2.24) is 5.32 Å². The number of halogens is 1. The third kappa shape index (κ3) is 5.68. The predicted octanol–water partition coefficient (Wildman–Crippen LogP) is 1.08. The lowest BCUT2D eigenvalue weighted by atomic mass is 9.93. The summed E-state index contributed by atoms with van der Waals surface area (Å²) in [6.07, 6.45) is 2.49. The fraction of sp³-hybridized carbons (Fsp3) is 0.909. The van der Waals surface area contributed by atoms with E-state index in [4.69, 9.17) is 10.5 Å². The molecule has 0 aromatic rings. The van der Waals surface area contributed by atoms with Crippen LogP contribution in [0.25, 0.3) is 0 Å². The quantitative estimate of drug-likeness (QED) is 0.785. The highest BCUT2D eigenvalue weighted by Gasteiger charge is 2.21.